The highest BCUT2D eigenvalue weighted by molar-refractivity contribution is 6.31. The summed E-state index contributed by atoms with van der Waals surface area (Å²) in [5.74, 6) is 0.787. The number of H-pyrrole nitrogens is 1. The lowest BCUT2D eigenvalue weighted by molar-refractivity contribution is 0.989. The number of anilines is 3. The van der Waals surface area contributed by atoms with Crippen LogP contribution in [-0.2, 0) is 0 Å². The highest BCUT2D eigenvalue weighted by Gasteiger charge is 2.20. The molecule has 0 atom stereocenters. The third kappa shape index (κ3) is 3.23. The van der Waals surface area contributed by atoms with Crippen LogP contribution in [0.3, 0.4) is 0 Å². The lowest BCUT2D eigenvalue weighted by Crippen LogP contribution is -2.26. The molecule has 0 radical (unpaired) electrons. The van der Waals surface area contributed by atoms with Crippen molar-refractivity contribution in [3.05, 3.63) is 89.0 Å². The van der Waals surface area contributed by atoms with Crippen LogP contribution in [-0.4, -0.2) is 23.1 Å². The minimum atomic E-state index is 0.714. The molecule has 0 fully saturated rings. The van der Waals surface area contributed by atoms with Gasteiger partial charge in [0.2, 0.25) is 5.95 Å². The fourth-order valence-corrected chi connectivity index (χ4v) is 3.77. The van der Waals surface area contributed by atoms with Crippen LogP contribution in [0.1, 0.15) is 5.56 Å². The lowest BCUT2D eigenvalue weighted by atomic mass is 10.0. The van der Waals surface area contributed by atoms with E-state index in [2.05, 4.69) is 56.6 Å². The molecule has 5 rings (SSSR count). The van der Waals surface area contributed by atoms with Gasteiger partial charge < -0.3 is 15.2 Å². The van der Waals surface area contributed by atoms with Crippen molar-refractivity contribution in [2.24, 2.45) is 0 Å². The Balaban J connectivity index is 1.43. The Labute approximate surface area is 168 Å². The van der Waals surface area contributed by atoms with Crippen molar-refractivity contribution in [3.63, 3.8) is 0 Å². The van der Waals surface area contributed by atoms with Crippen LogP contribution in [0, 0.1) is 0 Å². The number of halogens is 1. The van der Waals surface area contributed by atoms with Crippen LogP contribution in [0.15, 0.2) is 78.4 Å². The number of hydrogen-bond acceptors (Lipinski definition) is 3. The van der Waals surface area contributed by atoms with Crippen LogP contribution < -0.4 is 10.2 Å². The van der Waals surface area contributed by atoms with Crippen LogP contribution in [0.2, 0.25) is 5.02 Å². The highest BCUT2D eigenvalue weighted by Crippen LogP contribution is 2.36. The second-order valence-electron chi connectivity index (χ2n) is 6.88. The number of imidazole rings is 1. The lowest BCUT2D eigenvalue weighted by Gasteiger charge is -2.31. The molecule has 0 spiro atoms. The van der Waals surface area contributed by atoms with Gasteiger partial charge in [0.25, 0.3) is 0 Å². The topological polar surface area (TPSA) is 44.0 Å². The number of fused-ring (bicyclic) bond motifs is 2. The molecular weight excluding hydrogens is 368 g/mol. The average Bonchev–Trinajstić information content (AvgIpc) is 3.15. The van der Waals surface area contributed by atoms with Crippen molar-refractivity contribution in [1.82, 2.24) is 9.97 Å². The number of nitrogens with zero attached hydrogens (tertiary/aromatic N) is 2. The van der Waals surface area contributed by atoms with Crippen molar-refractivity contribution in [2.45, 2.75) is 0 Å². The third-order valence-electron chi connectivity index (χ3n) is 4.94. The van der Waals surface area contributed by atoms with E-state index in [0.29, 0.717) is 6.54 Å². The Kier molecular flexibility index (Phi) is 4.26. The molecule has 0 aliphatic carbocycles. The molecule has 0 unspecified atom stereocenters. The third-order valence-corrected chi connectivity index (χ3v) is 5.18. The Bertz CT molecular complexity index is 1130. The maximum atomic E-state index is 6.27. The zero-order valence-corrected chi connectivity index (χ0v) is 15.9. The molecule has 2 heterocycles. The van der Waals surface area contributed by atoms with E-state index in [0.717, 1.165) is 39.9 Å². The largest absolute Gasteiger partial charge is 0.352 e. The van der Waals surface area contributed by atoms with Crippen LogP contribution in [0.5, 0.6) is 0 Å². The van der Waals surface area contributed by atoms with Crippen LogP contribution in [0.4, 0.5) is 17.3 Å². The van der Waals surface area contributed by atoms with Gasteiger partial charge in [0.15, 0.2) is 0 Å². The standard InChI is InChI=1S/C23H19ClN4/c24-18-11-10-17-12-16(14-25-23-26-20-8-4-5-9-21(20)27-23)15-28(22(17)13-18)19-6-2-1-3-7-19/h1-13H,14-15H2,(H2,25,26,27). The fraction of sp³-hybridized carbons (Fsp3) is 0.0870. The number of para-hydroxylation sites is 3. The molecule has 1 aromatic heterocycles. The van der Waals surface area contributed by atoms with Gasteiger partial charge in [0.1, 0.15) is 0 Å². The Morgan fingerprint density at radius 2 is 1.82 bits per heavy atom. The van der Waals surface area contributed by atoms with Gasteiger partial charge in [-0.05, 0) is 47.5 Å². The predicted octanol–water partition coefficient (Wildman–Crippen LogP) is 5.86. The van der Waals surface area contributed by atoms with E-state index in [4.69, 9.17) is 11.6 Å². The predicted molar refractivity (Wildman–Crippen MR) is 117 cm³/mol. The van der Waals surface area contributed by atoms with Gasteiger partial charge in [-0.25, -0.2) is 4.98 Å². The van der Waals surface area contributed by atoms with Gasteiger partial charge in [-0.2, -0.15) is 0 Å². The molecule has 0 saturated carbocycles. The quantitative estimate of drug-likeness (QED) is 0.461. The van der Waals surface area contributed by atoms with E-state index in [9.17, 15) is 0 Å². The smallest absolute Gasteiger partial charge is 0.201 e. The minimum Gasteiger partial charge on any atom is -0.352 e. The fourth-order valence-electron chi connectivity index (χ4n) is 3.61. The zero-order valence-electron chi connectivity index (χ0n) is 15.2. The van der Waals surface area contributed by atoms with Crippen molar-refractivity contribution in [3.8, 4) is 0 Å². The summed E-state index contributed by atoms with van der Waals surface area (Å²) in [5, 5.41) is 4.18. The maximum Gasteiger partial charge on any atom is 0.201 e. The SMILES string of the molecule is Clc1ccc2c(c1)N(c1ccccc1)CC(CNc1nc3ccccc3[nH]1)=C2. The van der Waals surface area contributed by atoms with E-state index in [1.54, 1.807) is 0 Å². The highest BCUT2D eigenvalue weighted by atomic mass is 35.5. The first-order valence-corrected chi connectivity index (χ1v) is 9.64. The van der Waals surface area contributed by atoms with Crippen molar-refractivity contribution >= 4 is 46.0 Å². The monoisotopic (exact) mass is 386 g/mol. The molecule has 5 heteroatoms. The van der Waals surface area contributed by atoms with Gasteiger partial charge in [-0.3, -0.25) is 0 Å². The second kappa shape index (κ2) is 7.06. The number of aromatic amines is 1. The van der Waals surface area contributed by atoms with Crippen molar-refractivity contribution in [1.29, 1.82) is 0 Å². The molecule has 4 nitrogen and oxygen atoms in total. The number of rotatable bonds is 4. The summed E-state index contributed by atoms with van der Waals surface area (Å²) >= 11 is 6.27. The molecule has 1 aliphatic rings. The van der Waals surface area contributed by atoms with Gasteiger partial charge in [-0.15, -0.1) is 0 Å². The summed E-state index contributed by atoms with van der Waals surface area (Å²) in [6.07, 6.45) is 2.24. The van der Waals surface area contributed by atoms with E-state index in [-0.39, 0.29) is 0 Å². The molecular formula is C23H19ClN4. The molecule has 0 saturated heterocycles. The number of aromatic nitrogens is 2. The summed E-state index contributed by atoms with van der Waals surface area (Å²) in [6.45, 7) is 1.51. The zero-order chi connectivity index (χ0) is 18.9. The normalized spacial score (nSPS) is 13.3. The van der Waals surface area contributed by atoms with Crippen molar-refractivity contribution in [2.75, 3.05) is 23.3 Å². The molecule has 0 amide bonds. The summed E-state index contributed by atoms with van der Waals surface area (Å²) in [5.41, 5.74) is 6.73. The number of hydrogen-bond donors (Lipinski definition) is 2. The van der Waals surface area contributed by atoms with Crippen LogP contribution in [0.25, 0.3) is 17.1 Å². The Hall–Kier alpha value is -3.24. The summed E-state index contributed by atoms with van der Waals surface area (Å²) in [4.78, 5) is 10.2. The van der Waals surface area contributed by atoms with Crippen molar-refractivity contribution < 1.29 is 0 Å². The summed E-state index contributed by atoms with van der Waals surface area (Å²) in [6, 6.07) is 24.5. The molecule has 2 N–H and O–H groups in total. The first kappa shape index (κ1) is 16.9. The van der Waals surface area contributed by atoms with Gasteiger partial charge in [-0.1, -0.05) is 54.1 Å². The first-order chi connectivity index (χ1) is 13.8. The minimum absolute atomic E-state index is 0.714. The van der Waals surface area contributed by atoms with E-state index in [1.807, 2.05) is 42.5 Å². The van der Waals surface area contributed by atoms with Gasteiger partial charge in [0, 0.05) is 23.8 Å². The number of benzene rings is 3. The summed E-state index contributed by atoms with van der Waals surface area (Å²) < 4.78 is 0. The Morgan fingerprint density at radius 1 is 1.00 bits per heavy atom. The van der Waals surface area contributed by atoms with Crippen LogP contribution >= 0.6 is 11.6 Å². The average molecular weight is 387 g/mol. The number of nitrogens with one attached hydrogen (secondary N) is 2. The first-order valence-electron chi connectivity index (χ1n) is 9.26. The Morgan fingerprint density at radius 3 is 2.68 bits per heavy atom. The molecule has 1 aliphatic heterocycles. The molecule has 138 valence electrons. The van der Waals surface area contributed by atoms with E-state index >= 15 is 0 Å². The maximum absolute atomic E-state index is 6.27. The van der Waals surface area contributed by atoms with E-state index in [1.165, 1.54) is 11.1 Å². The molecule has 4 aromatic rings. The summed E-state index contributed by atoms with van der Waals surface area (Å²) in [7, 11) is 0. The van der Waals surface area contributed by atoms with E-state index < -0.39 is 0 Å². The second-order valence-corrected chi connectivity index (χ2v) is 7.32. The molecule has 28 heavy (non-hydrogen) atoms. The van der Waals surface area contributed by atoms with Gasteiger partial charge >= 0.3 is 0 Å². The molecule has 3 aromatic carbocycles. The molecule has 0 bridgehead atoms. The van der Waals surface area contributed by atoms with Gasteiger partial charge in [0.05, 0.1) is 16.7 Å².